The van der Waals surface area contributed by atoms with Gasteiger partial charge in [-0.3, -0.25) is 9.59 Å². The van der Waals surface area contributed by atoms with E-state index in [0.29, 0.717) is 6.29 Å². The van der Waals surface area contributed by atoms with Crippen molar-refractivity contribution in [3.63, 3.8) is 0 Å². The maximum absolute atomic E-state index is 11.1. The fraction of sp³-hybridized carbons (Fsp3) is 0.200. The van der Waals surface area contributed by atoms with E-state index in [-0.39, 0.29) is 5.92 Å². The SMILES string of the molecule is O=CC(=O)C1OC=C2C=CC=CC21. The molecule has 0 aromatic carbocycles. The number of hydrogen-bond acceptors (Lipinski definition) is 3. The molecule has 2 rings (SSSR count). The molecule has 1 heterocycles. The molecule has 2 atom stereocenters. The lowest BCUT2D eigenvalue weighted by molar-refractivity contribution is -0.135. The predicted octanol–water partition coefficient (Wildman–Crippen LogP) is 0.779. The Morgan fingerprint density at radius 2 is 2.31 bits per heavy atom. The molecule has 2 aliphatic rings. The summed E-state index contributed by atoms with van der Waals surface area (Å²) in [4.78, 5) is 21.4. The van der Waals surface area contributed by atoms with Crippen molar-refractivity contribution >= 4 is 12.1 Å². The molecule has 0 amide bonds. The first kappa shape index (κ1) is 7.98. The van der Waals surface area contributed by atoms with Gasteiger partial charge in [0.15, 0.2) is 12.4 Å². The van der Waals surface area contributed by atoms with Crippen molar-refractivity contribution in [2.45, 2.75) is 6.10 Å². The number of hydrogen-bond donors (Lipinski definition) is 0. The van der Waals surface area contributed by atoms with Crippen LogP contribution in [0.25, 0.3) is 0 Å². The molecule has 0 bridgehead atoms. The first-order chi connectivity index (χ1) is 6.33. The lowest BCUT2D eigenvalue weighted by atomic mass is 9.90. The fourth-order valence-corrected chi connectivity index (χ4v) is 1.51. The summed E-state index contributed by atoms with van der Waals surface area (Å²) in [5.74, 6) is -0.584. The van der Waals surface area contributed by atoms with Crippen LogP contribution >= 0.6 is 0 Å². The summed E-state index contributed by atoms with van der Waals surface area (Å²) in [5.41, 5.74) is 0.947. The lowest BCUT2D eigenvalue weighted by Crippen LogP contribution is -2.28. The number of allylic oxidation sites excluding steroid dienone is 3. The Morgan fingerprint density at radius 1 is 1.46 bits per heavy atom. The molecule has 0 saturated carbocycles. The molecule has 1 aliphatic carbocycles. The molecule has 0 N–H and O–H groups in total. The summed E-state index contributed by atoms with van der Waals surface area (Å²) >= 11 is 0. The third kappa shape index (κ3) is 1.22. The van der Waals surface area contributed by atoms with Crippen LogP contribution in [0.3, 0.4) is 0 Å². The number of fused-ring (bicyclic) bond motifs is 1. The molecule has 66 valence electrons. The second kappa shape index (κ2) is 3.01. The molecule has 3 heteroatoms. The van der Waals surface area contributed by atoms with Crippen molar-refractivity contribution in [1.82, 2.24) is 0 Å². The van der Waals surface area contributed by atoms with Gasteiger partial charge < -0.3 is 4.74 Å². The third-order valence-corrected chi connectivity index (χ3v) is 2.18. The fourth-order valence-electron chi connectivity index (χ4n) is 1.51. The summed E-state index contributed by atoms with van der Waals surface area (Å²) in [5, 5.41) is 0. The Balaban J connectivity index is 2.22. The van der Waals surface area contributed by atoms with Gasteiger partial charge in [0.1, 0.15) is 0 Å². The normalized spacial score (nSPS) is 29.1. The van der Waals surface area contributed by atoms with Gasteiger partial charge in [-0.1, -0.05) is 24.3 Å². The Morgan fingerprint density at radius 3 is 3.08 bits per heavy atom. The molecule has 2 unspecified atom stereocenters. The predicted molar refractivity (Wildman–Crippen MR) is 45.8 cm³/mol. The highest BCUT2D eigenvalue weighted by molar-refractivity contribution is 6.27. The van der Waals surface area contributed by atoms with Gasteiger partial charge >= 0.3 is 0 Å². The summed E-state index contributed by atoms with van der Waals surface area (Å²) in [6.45, 7) is 0. The quantitative estimate of drug-likeness (QED) is 0.461. The molecule has 0 radical (unpaired) electrons. The first-order valence-corrected chi connectivity index (χ1v) is 4.02. The maximum Gasteiger partial charge on any atom is 0.236 e. The minimum Gasteiger partial charge on any atom is -0.488 e. The van der Waals surface area contributed by atoms with Crippen molar-refractivity contribution in [1.29, 1.82) is 0 Å². The largest absolute Gasteiger partial charge is 0.488 e. The molecule has 13 heavy (non-hydrogen) atoms. The van der Waals surface area contributed by atoms with E-state index in [2.05, 4.69) is 0 Å². The van der Waals surface area contributed by atoms with Gasteiger partial charge in [-0.05, 0) is 5.57 Å². The van der Waals surface area contributed by atoms with Crippen LogP contribution in [-0.4, -0.2) is 18.2 Å². The second-order valence-corrected chi connectivity index (χ2v) is 2.96. The van der Waals surface area contributed by atoms with Crippen molar-refractivity contribution in [2.24, 2.45) is 5.92 Å². The Labute approximate surface area is 75.4 Å². The molecule has 0 saturated heterocycles. The Hall–Kier alpha value is -1.64. The van der Waals surface area contributed by atoms with Gasteiger partial charge in [-0.25, -0.2) is 0 Å². The summed E-state index contributed by atoms with van der Waals surface area (Å²) in [6, 6.07) is 0. The van der Waals surface area contributed by atoms with Crippen LogP contribution in [0.4, 0.5) is 0 Å². The molecular weight excluding hydrogens is 168 g/mol. The van der Waals surface area contributed by atoms with E-state index in [1.807, 2.05) is 24.3 Å². The first-order valence-electron chi connectivity index (χ1n) is 4.02. The molecule has 0 aromatic heterocycles. The van der Waals surface area contributed by atoms with Crippen LogP contribution in [0.15, 0.2) is 36.1 Å². The number of carbonyl (C=O) groups is 2. The number of carbonyl (C=O) groups excluding carboxylic acids is 2. The average molecular weight is 176 g/mol. The van der Waals surface area contributed by atoms with Crippen molar-refractivity contribution < 1.29 is 14.3 Å². The molecule has 0 fully saturated rings. The van der Waals surface area contributed by atoms with E-state index >= 15 is 0 Å². The molecule has 0 aromatic rings. The van der Waals surface area contributed by atoms with Crippen molar-refractivity contribution in [3.05, 3.63) is 36.1 Å². The smallest absolute Gasteiger partial charge is 0.236 e. The van der Waals surface area contributed by atoms with E-state index in [0.717, 1.165) is 5.57 Å². The van der Waals surface area contributed by atoms with Crippen LogP contribution in [0.1, 0.15) is 0 Å². The van der Waals surface area contributed by atoms with E-state index in [4.69, 9.17) is 4.74 Å². The molecule has 1 aliphatic heterocycles. The molecule has 0 spiro atoms. The Kier molecular flexibility index (Phi) is 1.85. The standard InChI is InChI=1S/C10H8O3/c11-5-9(12)10-8-4-2-1-3-7(8)6-13-10/h1-6,8,10H. The van der Waals surface area contributed by atoms with Crippen molar-refractivity contribution in [2.75, 3.05) is 0 Å². The number of rotatable bonds is 2. The summed E-state index contributed by atoms with van der Waals surface area (Å²) in [6.07, 6.45) is 8.67. The van der Waals surface area contributed by atoms with Gasteiger partial charge in [0.2, 0.25) is 5.78 Å². The van der Waals surface area contributed by atoms with Crippen LogP contribution in [0.5, 0.6) is 0 Å². The second-order valence-electron chi connectivity index (χ2n) is 2.96. The third-order valence-electron chi connectivity index (χ3n) is 2.18. The van der Waals surface area contributed by atoms with Gasteiger partial charge in [0, 0.05) is 5.92 Å². The highest BCUT2D eigenvalue weighted by Crippen LogP contribution is 2.30. The monoisotopic (exact) mass is 176 g/mol. The maximum atomic E-state index is 11.1. The minimum absolute atomic E-state index is 0.0808. The van der Waals surface area contributed by atoms with Crippen LogP contribution in [0.2, 0.25) is 0 Å². The molecule has 3 nitrogen and oxygen atoms in total. The lowest BCUT2D eigenvalue weighted by Gasteiger charge is -2.14. The van der Waals surface area contributed by atoms with Crippen LogP contribution in [-0.2, 0) is 14.3 Å². The van der Waals surface area contributed by atoms with Crippen LogP contribution in [0, 0.1) is 5.92 Å². The zero-order valence-corrected chi connectivity index (χ0v) is 6.84. The van der Waals surface area contributed by atoms with E-state index < -0.39 is 11.9 Å². The Bertz CT molecular complexity index is 336. The van der Waals surface area contributed by atoms with Gasteiger partial charge in [0.05, 0.1) is 6.26 Å². The van der Waals surface area contributed by atoms with Crippen LogP contribution < -0.4 is 0 Å². The number of Topliss-reactive ketones (excluding diaryl/α,β-unsaturated/α-hetero) is 1. The van der Waals surface area contributed by atoms with E-state index in [9.17, 15) is 9.59 Å². The van der Waals surface area contributed by atoms with Gasteiger partial charge in [-0.15, -0.1) is 0 Å². The van der Waals surface area contributed by atoms with Crippen molar-refractivity contribution in [3.8, 4) is 0 Å². The minimum atomic E-state index is -0.645. The number of ether oxygens (including phenoxy) is 1. The number of ketones is 1. The zero-order valence-electron chi connectivity index (χ0n) is 6.84. The molecular formula is C10H8O3. The highest BCUT2D eigenvalue weighted by atomic mass is 16.5. The van der Waals surface area contributed by atoms with E-state index in [1.54, 1.807) is 0 Å². The number of aldehydes is 1. The zero-order chi connectivity index (χ0) is 9.26. The highest BCUT2D eigenvalue weighted by Gasteiger charge is 2.34. The topological polar surface area (TPSA) is 43.4 Å². The summed E-state index contributed by atoms with van der Waals surface area (Å²) < 4.78 is 5.11. The van der Waals surface area contributed by atoms with E-state index in [1.165, 1.54) is 6.26 Å². The van der Waals surface area contributed by atoms with Gasteiger partial charge in [-0.2, -0.15) is 0 Å². The summed E-state index contributed by atoms with van der Waals surface area (Å²) in [7, 11) is 0. The van der Waals surface area contributed by atoms with Gasteiger partial charge in [0.25, 0.3) is 0 Å². The average Bonchev–Trinajstić information content (AvgIpc) is 2.60.